The standard InChI is InChI=1S/C16H27NO2/c1-6-17-11-16(19-13(4)12(2)3)14-7-9-15(18-5)10-8-14/h7-10,12-13,16-17H,6,11H2,1-5H3. The SMILES string of the molecule is CCNCC(OC(C)C(C)C)c1ccc(OC)cc1. The molecule has 2 atom stereocenters. The van der Waals surface area contributed by atoms with E-state index in [0.29, 0.717) is 5.92 Å². The Morgan fingerprint density at radius 3 is 2.21 bits per heavy atom. The molecule has 0 aliphatic heterocycles. The number of rotatable bonds is 8. The molecular formula is C16H27NO2. The van der Waals surface area contributed by atoms with E-state index in [1.54, 1.807) is 7.11 Å². The van der Waals surface area contributed by atoms with Crippen molar-refractivity contribution in [2.75, 3.05) is 20.2 Å². The van der Waals surface area contributed by atoms with Gasteiger partial charge in [0.05, 0.1) is 19.3 Å². The zero-order chi connectivity index (χ0) is 14.3. The predicted molar refractivity (Wildman–Crippen MR) is 79.7 cm³/mol. The molecular weight excluding hydrogens is 238 g/mol. The zero-order valence-electron chi connectivity index (χ0n) is 12.8. The number of hydrogen-bond acceptors (Lipinski definition) is 3. The largest absolute Gasteiger partial charge is 0.497 e. The molecule has 2 unspecified atom stereocenters. The summed E-state index contributed by atoms with van der Waals surface area (Å²) in [5, 5.41) is 3.36. The summed E-state index contributed by atoms with van der Waals surface area (Å²) in [4.78, 5) is 0. The van der Waals surface area contributed by atoms with Gasteiger partial charge >= 0.3 is 0 Å². The van der Waals surface area contributed by atoms with Crippen molar-refractivity contribution in [2.45, 2.75) is 39.9 Å². The number of benzene rings is 1. The van der Waals surface area contributed by atoms with Gasteiger partial charge in [0.25, 0.3) is 0 Å². The fraction of sp³-hybridized carbons (Fsp3) is 0.625. The van der Waals surface area contributed by atoms with E-state index < -0.39 is 0 Å². The third kappa shape index (κ3) is 5.21. The van der Waals surface area contributed by atoms with Gasteiger partial charge in [0.1, 0.15) is 5.75 Å². The fourth-order valence-electron chi connectivity index (χ4n) is 1.75. The summed E-state index contributed by atoms with van der Waals surface area (Å²) in [6.45, 7) is 10.4. The highest BCUT2D eigenvalue weighted by Gasteiger charge is 2.17. The minimum Gasteiger partial charge on any atom is -0.497 e. The molecule has 0 heterocycles. The molecule has 0 spiro atoms. The molecule has 1 rings (SSSR count). The highest BCUT2D eigenvalue weighted by Crippen LogP contribution is 2.23. The van der Waals surface area contributed by atoms with E-state index in [9.17, 15) is 0 Å². The topological polar surface area (TPSA) is 30.5 Å². The average molecular weight is 265 g/mol. The Hall–Kier alpha value is -1.06. The number of ether oxygens (including phenoxy) is 2. The smallest absolute Gasteiger partial charge is 0.118 e. The van der Waals surface area contributed by atoms with Crippen molar-refractivity contribution in [3.05, 3.63) is 29.8 Å². The lowest BCUT2D eigenvalue weighted by molar-refractivity contribution is -0.0257. The lowest BCUT2D eigenvalue weighted by atomic mass is 10.1. The summed E-state index contributed by atoms with van der Waals surface area (Å²) >= 11 is 0. The molecule has 0 amide bonds. The molecule has 3 heteroatoms. The van der Waals surface area contributed by atoms with Gasteiger partial charge in [-0.2, -0.15) is 0 Å². The van der Waals surface area contributed by atoms with Crippen LogP contribution in [0, 0.1) is 5.92 Å². The summed E-state index contributed by atoms with van der Waals surface area (Å²) in [5.41, 5.74) is 1.19. The van der Waals surface area contributed by atoms with Crippen molar-refractivity contribution in [2.24, 2.45) is 5.92 Å². The second-order valence-corrected chi connectivity index (χ2v) is 5.15. The van der Waals surface area contributed by atoms with Gasteiger partial charge in [0.2, 0.25) is 0 Å². The van der Waals surface area contributed by atoms with Gasteiger partial charge in [0.15, 0.2) is 0 Å². The summed E-state index contributed by atoms with van der Waals surface area (Å²) in [6.07, 6.45) is 0.328. The maximum Gasteiger partial charge on any atom is 0.118 e. The van der Waals surface area contributed by atoms with E-state index in [-0.39, 0.29) is 12.2 Å². The second kappa shape index (κ2) is 8.18. The highest BCUT2D eigenvalue weighted by molar-refractivity contribution is 5.28. The maximum absolute atomic E-state index is 6.17. The molecule has 0 aromatic heterocycles. The summed E-state index contributed by atoms with van der Waals surface area (Å²) in [5.74, 6) is 1.39. The summed E-state index contributed by atoms with van der Waals surface area (Å²) in [7, 11) is 1.68. The van der Waals surface area contributed by atoms with Crippen LogP contribution in [0.15, 0.2) is 24.3 Å². The van der Waals surface area contributed by atoms with E-state index in [4.69, 9.17) is 9.47 Å². The number of hydrogen-bond donors (Lipinski definition) is 1. The lowest BCUT2D eigenvalue weighted by Gasteiger charge is -2.25. The van der Waals surface area contributed by atoms with Gasteiger partial charge in [0, 0.05) is 6.54 Å². The number of nitrogens with one attached hydrogen (secondary N) is 1. The van der Waals surface area contributed by atoms with Crippen molar-refractivity contribution < 1.29 is 9.47 Å². The van der Waals surface area contributed by atoms with Crippen LogP contribution in [0.4, 0.5) is 0 Å². The van der Waals surface area contributed by atoms with Crippen molar-refractivity contribution in [3.63, 3.8) is 0 Å². The van der Waals surface area contributed by atoms with Gasteiger partial charge in [-0.15, -0.1) is 0 Å². The van der Waals surface area contributed by atoms with Crippen molar-refractivity contribution in [3.8, 4) is 5.75 Å². The molecule has 0 saturated carbocycles. The molecule has 3 nitrogen and oxygen atoms in total. The molecule has 0 radical (unpaired) electrons. The number of methoxy groups -OCH3 is 1. The minimum absolute atomic E-state index is 0.0863. The lowest BCUT2D eigenvalue weighted by Crippen LogP contribution is -2.27. The Kier molecular flexibility index (Phi) is 6.89. The van der Waals surface area contributed by atoms with Crippen LogP contribution in [0.3, 0.4) is 0 Å². The molecule has 0 fully saturated rings. The zero-order valence-corrected chi connectivity index (χ0v) is 12.8. The molecule has 1 aromatic carbocycles. The quantitative estimate of drug-likeness (QED) is 0.781. The van der Waals surface area contributed by atoms with E-state index in [1.165, 1.54) is 5.56 Å². The van der Waals surface area contributed by atoms with Gasteiger partial charge < -0.3 is 14.8 Å². The van der Waals surface area contributed by atoms with E-state index >= 15 is 0 Å². The first-order valence-electron chi connectivity index (χ1n) is 7.08. The Bertz CT molecular complexity index is 348. The van der Waals surface area contributed by atoms with Gasteiger partial charge in [-0.25, -0.2) is 0 Å². The predicted octanol–water partition coefficient (Wildman–Crippen LogP) is 3.41. The second-order valence-electron chi connectivity index (χ2n) is 5.15. The van der Waals surface area contributed by atoms with Crippen LogP contribution in [0.25, 0.3) is 0 Å². The summed E-state index contributed by atoms with van der Waals surface area (Å²) in [6, 6.07) is 8.12. The van der Waals surface area contributed by atoms with E-state index in [0.717, 1.165) is 18.8 Å². The average Bonchev–Trinajstić information content (AvgIpc) is 2.43. The van der Waals surface area contributed by atoms with Crippen molar-refractivity contribution in [1.82, 2.24) is 5.32 Å². The molecule has 1 aromatic rings. The first-order chi connectivity index (χ1) is 9.08. The first-order valence-corrected chi connectivity index (χ1v) is 7.08. The number of likely N-dealkylation sites (N-methyl/N-ethyl adjacent to an activating group) is 1. The highest BCUT2D eigenvalue weighted by atomic mass is 16.5. The molecule has 1 N–H and O–H groups in total. The Morgan fingerprint density at radius 2 is 1.74 bits per heavy atom. The van der Waals surface area contributed by atoms with Crippen LogP contribution in [0.2, 0.25) is 0 Å². The minimum atomic E-state index is 0.0863. The molecule has 0 aliphatic rings. The van der Waals surface area contributed by atoms with Crippen LogP contribution in [0.1, 0.15) is 39.4 Å². The van der Waals surface area contributed by atoms with Crippen LogP contribution >= 0.6 is 0 Å². The fourth-order valence-corrected chi connectivity index (χ4v) is 1.75. The molecule has 19 heavy (non-hydrogen) atoms. The normalized spacial score (nSPS) is 14.4. The van der Waals surface area contributed by atoms with Crippen molar-refractivity contribution >= 4 is 0 Å². The van der Waals surface area contributed by atoms with Crippen LogP contribution in [-0.4, -0.2) is 26.3 Å². The molecule has 0 aliphatic carbocycles. The Balaban J connectivity index is 2.76. The summed E-state index contributed by atoms with van der Waals surface area (Å²) < 4.78 is 11.4. The third-order valence-electron chi connectivity index (χ3n) is 3.39. The van der Waals surface area contributed by atoms with Crippen LogP contribution in [0.5, 0.6) is 5.75 Å². The van der Waals surface area contributed by atoms with Crippen LogP contribution in [-0.2, 0) is 4.74 Å². The van der Waals surface area contributed by atoms with Gasteiger partial charge in [-0.3, -0.25) is 0 Å². The van der Waals surface area contributed by atoms with E-state index in [2.05, 4.69) is 45.1 Å². The van der Waals surface area contributed by atoms with Crippen LogP contribution < -0.4 is 10.1 Å². The van der Waals surface area contributed by atoms with Gasteiger partial charge in [-0.05, 0) is 37.1 Å². The monoisotopic (exact) mass is 265 g/mol. The molecule has 108 valence electrons. The maximum atomic E-state index is 6.17. The third-order valence-corrected chi connectivity index (χ3v) is 3.39. The Morgan fingerprint density at radius 1 is 1.11 bits per heavy atom. The van der Waals surface area contributed by atoms with E-state index in [1.807, 2.05) is 12.1 Å². The molecule has 0 saturated heterocycles. The molecule has 0 bridgehead atoms. The first kappa shape index (κ1) is 16.0. The van der Waals surface area contributed by atoms with Crippen molar-refractivity contribution in [1.29, 1.82) is 0 Å². The van der Waals surface area contributed by atoms with Gasteiger partial charge in [-0.1, -0.05) is 32.9 Å². The Labute approximate surface area is 117 Å².